The Bertz CT molecular complexity index is 882. The van der Waals surface area contributed by atoms with Crippen molar-refractivity contribution in [1.82, 2.24) is 0 Å². The smallest absolute Gasteiger partial charge is 0.294 e. The molecule has 0 saturated heterocycles. The third-order valence-corrected chi connectivity index (χ3v) is 4.65. The molecule has 0 bridgehead atoms. The number of carbonyl (C=O) groups excluding carboxylic acids is 2. The second-order valence-electron chi connectivity index (χ2n) is 6.45. The first-order chi connectivity index (χ1) is 13.0. The quantitative estimate of drug-likeness (QED) is 0.830. The molecule has 1 aliphatic heterocycles. The van der Waals surface area contributed by atoms with Gasteiger partial charge in [-0.05, 0) is 43.7 Å². The molecule has 5 heteroatoms. The van der Waals surface area contributed by atoms with Gasteiger partial charge < -0.3 is 9.84 Å². The molecule has 2 aromatic carbocycles. The maximum absolute atomic E-state index is 12.8. The van der Waals surface area contributed by atoms with E-state index in [1.54, 1.807) is 19.1 Å². The van der Waals surface area contributed by atoms with Crippen LogP contribution in [-0.4, -0.2) is 23.4 Å². The molecule has 0 radical (unpaired) electrons. The van der Waals surface area contributed by atoms with Gasteiger partial charge in [-0.3, -0.25) is 14.5 Å². The lowest BCUT2D eigenvalue weighted by Gasteiger charge is -2.27. The van der Waals surface area contributed by atoms with Crippen LogP contribution in [0.1, 0.15) is 37.4 Å². The average molecular weight is 365 g/mol. The van der Waals surface area contributed by atoms with Gasteiger partial charge in [-0.2, -0.15) is 0 Å². The molecule has 0 aromatic heterocycles. The Morgan fingerprint density at radius 1 is 1.07 bits per heavy atom. The number of aryl methyl sites for hydroxylation is 1. The Labute approximate surface area is 158 Å². The van der Waals surface area contributed by atoms with E-state index in [1.165, 1.54) is 4.90 Å². The van der Waals surface area contributed by atoms with Gasteiger partial charge in [-0.25, -0.2) is 0 Å². The van der Waals surface area contributed by atoms with Gasteiger partial charge in [0.05, 0.1) is 18.2 Å². The number of rotatable bonds is 6. The summed E-state index contributed by atoms with van der Waals surface area (Å²) in [4.78, 5) is 26.8. The average Bonchev–Trinajstić information content (AvgIpc) is 2.94. The number of aliphatic hydroxyl groups is 1. The van der Waals surface area contributed by atoms with Crippen LogP contribution >= 0.6 is 0 Å². The molecule has 1 N–H and O–H groups in total. The molecule has 5 nitrogen and oxygen atoms in total. The highest BCUT2D eigenvalue weighted by Gasteiger charge is 2.43. The van der Waals surface area contributed by atoms with E-state index in [1.807, 2.05) is 50.2 Å². The van der Waals surface area contributed by atoms with Crippen LogP contribution in [0.25, 0.3) is 0 Å². The normalized spacial score (nSPS) is 16.8. The van der Waals surface area contributed by atoms with Crippen LogP contribution < -0.4 is 9.64 Å². The highest BCUT2D eigenvalue weighted by Crippen LogP contribution is 2.41. The molecule has 0 fully saturated rings. The monoisotopic (exact) mass is 365 g/mol. The number of hydrogen-bond donors (Lipinski definition) is 1. The zero-order valence-electron chi connectivity index (χ0n) is 15.7. The standard InChI is InChI=1S/C22H23NO4/c1-4-18(24)19-20(15-8-12-17(13-9-15)27-5-2)23(22(26)21(19)25)16-10-6-14(3)7-11-16/h6-13,20,25H,4-5H2,1-3H3. The van der Waals surface area contributed by atoms with E-state index < -0.39 is 17.7 Å². The van der Waals surface area contributed by atoms with Crippen LogP contribution in [0, 0.1) is 6.92 Å². The van der Waals surface area contributed by atoms with E-state index >= 15 is 0 Å². The lowest BCUT2D eigenvalue weighted by atomic mass is 9.94. The van der Waals surface area contributed by atoms with Gasteiger partial charge in [0, 0.05) is 12.1 Å². The van der Waals surface area contributed by atoms with Crippen molar-refractivity contribution in [2.75, 3.05) is 11.5 Å². The predicted molar refractivity (Wildman–Crippen MR) is 104 cm³/mol. The second-order valence-corrected chi connectivity index (χ2v) is 6.45. The van der Waals surface area contributed by atoms with Crippen molar-refractivity contribution in [3.8, 4) is 5.75 Å². The largest absolute Gasteiger partial charge is 0.503 e. The first-order valence-electron chi connectivity index (χ1n) is 9.07. The molecule has 1 amide bonds. The summed E-state index contributed by atoms with van der Waals surface area (Å²) in [5.41, 5.74) is 2.58. The molecule has 0 spiro atoms. The summed E-state index contributed by atoms with van der Waals surface area (Å²) in [6.45, 7) is 6.14. The molecule has 1 aliphatic rings. The van der Waals surface area contributed by atoms with E-state index in [2.05, 4.69) is 0 Å². The molecule has 3 rings (SSSR count). The van der Waals surface area contributed by atoms with E-state index in [0.717, 1.165) is 11.1 Å². The maximum Gasteiger partial charge on any atom is 0.294 e. The van der Waals surface area contributed by atoms with Crippen LogP contribution in [0.2, 0.25) is 0 Å². The Hall–Kier alpha value is -3.08. The number of ketones is 1. The third-order valence-electron chi connectivity index (χ3n) is 4.65. The summed E-state index contributed by atoms with van der Waals surface area (Å²) in [5, 5.41) is 10.5. The van der Waals surface area contributed by atoms with E-state index in [9.17, 15) is 14.7 Å². The lowest BCUT2D eigenvalue weighted by Crippen LogP contribution is -2.31. The number of anilines is 1. The summed E-state index contributed by atoms with van der Waals surface area (Å²) in [7, 11) is 0. The molecule has 2 aromatic rings. The first-order valence-corrected chi connectivity index (χ1v) is 9.07. The number of nitrogens with zero attached hydrogens (tertiary/aromatic N) is 1. The minimum Gasteiger partial charge on any atom is -0.503 e. The van der Waals surface area contributed by atoms with Gasteiger partial charge in [0.25, 0.3) is 5.91 Å². The van der Waals surface area contributed by atoms with Crippen molar-refractivity contribution in [2.24, 2.45) is 0 Å². The van der Waals surface area contributed by atoms with Crippen molar-refractivity contribution < 1.29 is 19.4 Å². The van der Waals surface area contributed by atoms with Crippen LogP contribution in [0.3, 0.4) is 0 Å². The van der Waals surface area contributed by atoms with E-state index in [0.29, 0.717) is 18.0 Å². The zero-order chi connectivity index (χ0) is 19.6. The Balaban J connectivity index is 2.10. The molecule has 140 valence electrons. The Kier molecular flexibility index (Phi) is 5.31. The van der Waals surface area contributed by atoms with Crippen LogP contribution in [0.15, 0.2) is 59.9 Å². The summed E-state index contributed by atoms with van der Waals surface area (Å²) < 4.78 is 5.48. The predicted octanol–water partition coefficient (Wildman–Crippen LogP) is 4.27. The highest BCUT2D eigenvalue weighted by atomic mass is 16.5. The summed E-state index contributed by atoms with van der Waals surface area (Å²) >= 11 is 0. The number of amides is 1. The molecule has 1 atom stereocenters. The first kappa shape index (κ1) is 18.7. The van der Waals surface area contributed by atoms with Crippen molar-refractivity contribution in [1.29, 1.82) is 0 Å². The second kappa shape index (κ2) is 7.66. The summed E-state index contributed by atoms with van der Waals surface area (Å²) in [6.07, 6.45) is 0.210. The molecule has 27 heavy (non-hydrogen) atoms. The number of ether oxygens (including phenoxy) is 1. The maximum atomic E-state index is 12.8. The van der Waals surface area contributed by atoms with E-state index in [4.69, 9.17) is 4.74 Å². The van der Waals surface area contributed by atoms with Crippen LogP contribution in [-0.2, 0) is 9.59 Å². The van der Waals surface area contributed by atoms with Gasteiger partial charge >= 0.3 is 0 Å². The molecule has 0 saturated carbocycles. The lowest BCUT2D eigenvalue weighted by molar-refractivity contribution is -0.118. The SMILES string of the molecule is CCOc1ccc(C2C(C(=O)CC)=C(O)C(=O)N2c2ccc(C)cc2)cc1. The Morgan fingerprint density at radius 2 is 1.70 bits per heavy atom. The number of benzene rings is 2. The van der Waals surface area contributed by atoms with Gasteiger partial charge in [0.1, 0.15) is 5.75 Å². The summed E-state index contributed by atoms with van der Waals surface area (Å²) in [5.74, 6) is -0.561. The number of Topliss-reactive ketones (excluding diaryl/α,β-unsaturated/α-hetero) is 1. The van der Waals surface area contributed by atoms with Crippen molar-refractivity contribution in [3.05, 3.63) is 71.0 Å². The van der Waals surface area contributed by atoms with Gasteiger partial charge in [0.15, 0.2) is 11.5 Å². The van der Waals surface area contributed by atoms with E-state index in [-0.39, 0.29) is 17.8 Å². The fourth-order valence-electron chi connectivity index (χ4n) is 3.28. The van der Waals surface area contributed by atoms with Crippen molar-refractivity contribution >= 4 is 17.4 Å². The number of aliphatic hydroxyl groups excluding tert-OH is 1. The zero-order valence-corrected chi connectivity index (χ0v) is 15.7. The fraction of sp³-hybridized carbons (Fsp3) is 0.273. The van der Waals surface area contributed by atoms with Gasteiger partial charge in [0.2, 0.25) is 0 Å². The van der Waals surface area contributed by atoms with Crippen LogP contribution in [0.4, 0.5) is 5.69 Å². The molecule has 0 aliphatic carbocycles. The topological polar surface area (TPSA) is 66.8 Å². The molecule has 1 unspecified atom stereocenters. The Morgan fingerprint density at radius 3 is 2.26 bits per heavy atom. The third kappa shape index (κ3) is 3.45. The molecule has 1 heterocycles. The molecular formula is C22H23NO4. The minimum atomic E-state index is -0.664. The summed E-state index contributed by atoms with van der Waals surface area (Å²) in [6, 6.07) is 14.0. The molecular weight excluding hydrogens is 342 g/mol. The number of carbonyl (C=O) groups is 2. The highest BCUT2D eigenvalue weighted by molar-refractivity contribution is 6.16. The fourth-order valence-corrected chi connectivity index (χ4v) is 3.28. The number of hydrogen-bond acceptors (Lipinski definition) is 4. The minimum absolute atomic E-state index is 0.146. The van der Waals surface area contributed by atoms with Crippen molar-refractivity contribution in [2.45, 2.75) is 33.2 Å². The van der Waals surface area contributed by atoms with Gasteiger partial charge in [-0.1, -0.05) is 36.8 Å². The van der Waals surface area contributed by atoms with Crippen molar-refractivity contribution in [3.63, 3.8) is 0 Å². The van der Waals surface area contributed by atoms with Gasteiger partial charge in [-0.15, -0.1) is 0 Å². The van der Waals surface area contributed by atoms with Crippen LogP contribution in [0.5, 0.6) is 5.75 Å².